The van der Waals surface area contributed by atoms with Crippen LogP contribution in [0.5, 0.6) is 5.75 Å². The Hall–Kier alpha value is -2.57. The predicted octanol–water partition coefficient (Wildman–Crippen LogP) is 2.68. The van der Waals surface area contributed by atoms with Crippen molar-refractivity contribution < 1.29 is 9.66 Å². The number of aryl methyl sites for hydroxylation is 1. The number of ether oxygens (including phenoxy) is 1. The third-order valence-corrected chi connectivity index (χ3v) is 4.09. The molecule has 22 heavy (non-hydrogen) atoms. The van der Waals surface area contributed by atoms with Gasteiger partial charge in [0.05, 0.1) is 13.2 Å². The number of rotatable bonds is 4. The van der Waals surface area contributed by atoms with E-state index >= 15 is 0 Å². The zero-order chi connectivity index (χ0) is 15.7. The van der Waals surface area contributed by atoms with Gasteiger partial charge in [0.25, 0.3) is 0 Å². The first-order chi connectivity index (χ1) is 10.6. The number of hydrogen-bond acceptors (Lipinski definition) is 5. The number of benzene rings is 1. The Labute approximate surface area is 128 Å². The number of anilines is 1. The van der Waals surface area contributed by atoms with Gasteiger partial charge in [-0.05, 0) is 40.4 Å². The molecular formula is C15H18N4O3. The number of methoxy groups -OCH3 is 1. The predicted molar refractivity (Wildman–Crippen MR) is 82.2 cm³/mol. The molecule has 0 amide bonds. The van der Waals surface area contributed by atoms with Crippen molar-refractivity contribution in [2.75, 3.05) is 18.6 Å². The van der Waals surface area contributed by atoms with Gasteiger partial charge in [-0.1, -0.05) is 12.1 Å². The molecule has 1 saturated heterocycles. The number of aromatic nitrogens is 2. The Balaban J connectivity index is 1.96. The molecule has 2 heterocycles. The molecule has 1 aromatic carbocycles. The van der Waals surface area contributed by atoms with Gasteiger partial charge < -0.3 is 19.8 Å². The second kappa shape index (κ2) is 5.67. The number of nitrogens with zero attached hydrogens (tertiary/aromatic N) is 4. The Bertz CT molecular complexity index is 681. The minimum Gasteiger partial charge on any atom is -0.497 e. The van der Waals surface area contributed by atoms with E-state index in [2.05, 4.69) is 9.88 Å². The average molecular weight is 302 g/mol. The summed E-state index contributed by atoms with van der Waals surface area (Å²) in [5.41, 5.74) is 1.13. The maximum atomic E-state index is 11.2. The standard InChI is InChI=1S/C15H18N4O3/c1-17-10-16-14(19(20)21)15(17)18-9-3-4-13(18)11-5-7-12(22-2)8-6-11/h5-8,10,13H,3-4,9H2,1-2H3/t13-/m1/s1. The highest BCUT2D eigenvalue weighted by molar-refractivity contribution is 5.57. The topological polar surface area (TPSA) is 73.4 Å². The molecule has 0 spiro atoms. The summed E-state index contributed by atoms with van der Waals surface area (Å²) >= 11 is 0. The zero-order valence-corrected chi connectivity index (χ0v) is 12.6. The second-order valence-electron chi connectivity index (χ2n) is 5.38. The highest BCUT2D eigenvalue weighted by Crippen LogP contribution is 2.39. The summed E-state index contributed by atoms with van der Waals surface area (Å²) in [7, 11) is 3.43. The van der Waals surface area contributed by atoms with E-state index < -0.39 is 4.92 Å². The lowest BCUT2D eigenvalue weighted by Gasteiger charge is -2.26. The van der Waals surface area contributed by atoms with Crippen molar-refractivity contribution >= 4 is 11.6 Å². The van der Waals surface area contributed by atoms with Gasteiger partial charge in [0.1, 0.15) is 5.75 Å². The first-order valence-electron chi connectivity index (χ1n) is 7.18. The molecule has 2 aromatic rings. The molecule has 0 saturated carbocycles. The van der Waals surface area contributed by atoms with E-state index in [1.54, 1.807) is 18.7 Å². The monoisotopic (exact) mass is 302 g/mol. The summed E-state index contributed by atoms with van der Waals surface area (Å²) < 4.78 is 6.91. The lowest BCUT2D eigenvalue weighted by Crippen LogP contribution is -2.25. The molecule has 3 rings (SSSR count). The quantitative estimate of drug-likeness (QED) is 0.641. The van der Waals surface area contributed by atoms with Crippen LogP contribution in [0.15, 0.2) is 30.6 Å². The molecule has 0 radical (unpaired) electrons. The molecule has 1 aliphatic rings. The molecule has 1 fully saturated rings. The van der Waals surface area contributed by atoms with Crippen molar-refractivity contribution in [3.05, 3.63) is 46.3 Å². The van der Waals surface area contributed by atoms with Crippen LogP contribution in [0, 0.1) is 10.1 Å². The molecule has 0 N–H and O–H groups in total. The van der Waals surface area contributed by atoms with E-state index in [1.165, 1.54) is 6.33 Å². The first-order valence-corrected chi connectivity index (χ1v) is 7.18. The highest BCUT2D eigenvalue weighted by Gasteiger charge is 2.34. The first kappa shape index (κ1) is 14.4. The largest absolute Gasteiger partial charge is 0.497 e. The average Bonchev–Trinajstić information content (AvgIpc) is 3.13. The van der Waals surface area contributed by atoms with E-state index in [0.29, 0.717) is 5.82 Å². The van der Waals surface area contributed by atoms with E-state index in [-0.39, 0.29) is 11.9 Å². The molecule has 7 heteroatoms. The molecule has 0 aliphatic carbocycles. The summed E-state index contributed by atoms with van der Waals surface area (Å²) in [6.07, 6.45) is 3.46. The van der Waals surface area contributed by atoms with Crippen LogP contribution in [-0.2, 0) is 7.05 Å². The molecule has 116 valence electrons. The lowest BCUT2D eigenvalue weighted by atomic mass is 10.0. The minimum atomic E-state index is -0.418. The molecule has 1 atom stereocenters. The smallest absolute Gasteiger partial charge is 0.406 e. The molecule has 0 bridgehead atoms. The Morgan fingerprint density at radius 2 is 2.09 bits per heavy atom. The summed E-state index contributed by atoms with van der Waals surface area (Å²) in [4.78, 5) is 16.8. The van der Waals surface area contributed by atoms with Crippen LogP contribution < -0.4 is 9.64 Å². The molecule has 7 nitrogen and oxygen atoms in total. The summed E-state index contributed by atoms with van der Waals surface area (Å²) in [6.45, 7) is 0.789. The normalized spacial score (nSPS) is 17.7. The van der Waals surface area contributed by atoms with Crippen molar-refractivity contribution in [2.45, 2.75) is 18.9 Å². The van der Waals surface area contributed by atoms with Crippen molar-refractivity contribution in [3.63, 3.8) is 0 Å². The fourth-order valence-electron chi connectivity index (χ4n) is 3.06. The van der Waals surface area contributed by atoms with Gasteiger partial charge in [0.2, 0.25) is 12.1 Å². The van der Waals surface area contributed by atoms with Gasteiger partial charge in [-0.15, -0.1) is 0 Å². The minimum absolute atomic E-state index is 0.0806. The lowest BCUT2D eigenvalue weighted by molar-refractivity contribution is -0.388. The van der Waals surface area contributed by atoms with Crippen LogP contribution in [0.4, 0.5) is 11.6 Å². The van der Waals surface area contributed by atoms with Crippen LogP contribution in [0.1, 0.15) is 24.4 Å². The van der Waals surface area contributed by atoms with E-state index in [0.717, 1.165) is 30.7 Å². The van der Waals surface area contributed by atoms with E-state index in [4.69, 9.17) is 4.74 Å². The van der Waals surface area contributed by atoms with Crippen LogP contribution >= 0.6 is 0 Å². The molecule has 1 aromatic heterocycles. The zero-order valence-electron chi connectivity index (χ0n) is 12.6. The SMILES string of the molecule is COc1ccc([C@H]2CCCN2c2c([N+](=O)[O-])ncn2C)cc1. The third kappa shape index (κ3) is 2.38. The van der Waals surface area contributed by atoms with Gasteiger partial charge >= 0.3 is 5.82 Å². The van der Waals surface area contributed by atoms with Crippen LogP contribution in [0.25, 0.3) is 0 Å². The maximum absolute atomic E-state index is 11.2. The van der Waals surface area contributed by atoms with Crippen molar-refractivity contribution in [3.8, 4) is 5.75 Å². The Kier molecular flexibility index (Phi) is 3.70. The summed E-state index contributed by atoms with van der Waals surface area (Å²) in [5.74, 6) is 1.30. The van der Waals surface area contributed by atoms with Crippen molar-refractivity contribution in [1.82, 2.24) is 9.55 Å². The molecular weight excluding hydrogens is 284 g/mol. The summed E-state index contributed by atoms with van der Waals surface area (Å²) in [6, 6.07) is 8.00. The summed E-state index contributed by atoms with van der Waals surface area (Å²) in [5, 5.41) is 11.2. The fraction of sp³-hybridized carbons (Fsp3) is 0.400. The highest BCUT2D eigenvalue weighted by atomic mass is 16.6. The second-order valence-corrected chi connectivity index (χ2v) is 5.38. The van der Waals surface area contributed by atoms with E-state index in [1.807, 2.05) is 24.3 Å². The van der Waals surface area contributed by atoms with Crippen molar-refractivity contribution in [2.24, 2.45) is 7.05 Å². The van der Waals surface area contributed by atoms with Crippen molar-refractivity contribution in [1.29, 1.82) is 0 Å². The van der Waals surface area contributed by atoms with Crippen LogP contribution in [0.2, 0.25) is 0 Å². The van der Waals surface area contributed by atoms with Crippen LogP contribution in [-0.4, -0.2) is 28.1 Å². The van der Waals surface area contributed by atoms with E-state index in [9.17, 15) is 10.1 Å². The fourth-order valence-corrected chi connectivity index (χ4v) is 3.06. The maximum Gasteiger partial charge on any atom is 0.406 e. The molecule has 1 aliphatic heterocycles. The van der Waals surface area contributed by atoms with Gasteiger partial charge in [0.15, 0.2) is 0 Å². The number of hydrogen-bond donors (Lipinski definition) is 0. The van der Waals surface area contributed by atoms with Crippen LogP contribution in [0.3, 0.4) is 0 Å². The third-order valence-electron chi connectivity index (χ3n) is 4.09. The number of imidazole rings is 1. The van der Waals surface area contributed by atoms with Gasteiger partial charge in [0, 0.05) is 13.6 Å². The van der Waals surface area contributed by atoms with Gasteiger partial charge in [-0.3, -0.25) is 4.57 Å². The Morgan fingerprint density at radius 1 is 1.36 bits per heavy atom. The van der Waals surface area contributed by atoms with Gasteiger partial charge in [-0.2, -0.15) is 0 Å². The number of nitro groups is 1. The molecule has 0 unspecified atom stereocenters. The van der Waals surface area contributed by atoms with Gasteiger partial charge in [-0.25, -0.2) is 0 Å². The Morgan fingerprint density at radius 3 is 2.73 bits per heavy atom.